The van der Waals surface area contributed by atoms with E-state index in [1.54, 1.807) is 0 Å². The molecule has 1 aromatic heterocycles. The minimum absolute atomic E-state index is 0.0259. The number of aromatic nitrogens is 2. The van der Waals surface area contributed by atoms with E-state index in [1.807, 2.05) is 110 Å². The van der Waals surface area contributed by atoms with Crippen molar-refractivity contribution in [3.63, 3.8) is 0 Å². The molecule has 1 saturated carbocycles. The number of anilines is 1. The van der Waals surface area contributed by atoms with E-state index in [-0.39, 0.29) is 17.2 Å². The zero-order valence-electron chi connectivity index (χ0n) is 19.2. The average Bonchev–Trinajstić information content (AvgIpc) is 3.20. The Labute approximate surface area is 198 Å². The van der Waals surface area contributed by atoms with Crippen LogP contribution in [-0.4, -0.2) is 34.1 Å². The third-order valence-corrected chi connectivity index (χ3v) is 6.65. The zero-order chi connectivity index (χ0) is 23.8. The summed E-state index contributed by atoms with van der Waals surface area (Å²) in [7, 11) is 0. The van der Waals surface area contributed by atoms with Crippen molar-refractivity contribution in [3.8, 4) is 16.9 Å². The second-order valence-electron chi connectivity index (χ2n) is 9.02. The highest BCUT2D eigenvalue weighted by Crippen LogP contribution is 2.42. The average molecular weight is 454 g/mol. The molecule has 2 atom stereocenters. The summed E-state index contributed by atoms with van der Waals surface area (Å²) in [5.74, 6) is -0.932. The summed E-state index contributed by atoms with van der Waals surface area (Å²) in [6.45, 7) is 3.96. The number of nitrogens with one attached hydrogen (secondary N) is 1. The summed E-state index contributed by atoms with van der Waals surface area (Å²) < 4.78 is 1.43. The summed E-state index contributed by atoms with van der Waals surface area (Å²) in [5.41, 5.74) is 2.76. The van der Waals surface area contributed by atoms with Gasteiger partial charge in [-0.25, -0.2) is 4.68 Å². The van der Waals surface area contributed by atoms with E-state index in [4.69, 9.17) is 0 Å². The first kappa shape index (κ1) is 22.2. The van der Waals surface area contributed by atoms with Crippen LogP contribution < -0.4 is 20.7 Å². The van der Waals surface area contributed by atoms with Crippen LogP contribution in [0.15, 0.2) is 95.8 Å². The lowest BCUT2D eigenvalue weighted by Crippen LogP contribution is -2.76. The molecule has 0 radical (unpaired) electrons. The first-order chi connectivity index (χ1) is 16.5. The van der Waals surface area contributed by atoms with E-state index in [9.17, 15) is 15.0 Å². The van der Waals surface area contributed by atoms with Gasteiger partial charge in [-0.2, -0.15) is 0 Å². The van der Waals surface area contributed by atoms with Crippen molar-refractivity contribution in [1.29, 1.82) is 0 Å². The van der Waals surface area contributed by atoms with Crippen LogP contribution in [-0.2, 0) is 0 Å². The van der Waals surface area contributed by atoms with Crippen molar-refractivity contribution in [1.82, 2.24) is 9.78 Å². The van der Waals surface area contributed by atoms with Crippen LogP contribution >= 0.6 is 0 Å². The van der Waals surface area contributed by atoms with Gasteiger partial charge in [-0.15, -0.1) is 12.2 Å². The van der Waals surface area contributed by atoms with Gasteiger partial charge in [-0.1, -0.05) is 66.7 Å². The largest absolute Gasteiger partial charge is 0.850 e. The van der Waals surface area contributed by atoms with Crippen LogP contribution in [0.2, 0.25) is 0 Å². The van der Waals surface area contributed by atoms with Crippen LogP contribution in [0.4, 0.5) is 5.69 Å². The zero-order valence-corrected chi connectivity index (χ0v) is 19.2. The molecule has 0 amide bonds. The first-order valence-corrected chi connectivity index (χ1v) is 11.6. The molecule has 1 aliphatic rings. The number of hydrogen-bond donors (Lipinski definition) is 1. The highest BCUT2D eigenvalue weighted by molar-refractivity contribution is 5.65. The number of para-hydroxylation sites is 2. The maximum absolute atomic E-state index is 13.7. The van der Waals surface area contributed by atoms with E-state index in [2.05, 4.69) is 5.10 Å². The Kier molecular flexibility index (Phi) is 5.86. The molecule has 4 aromatic rings. The topological polar surface area (TPSA) is 87.2 Å². The molecule has 1 fully saturated rings. The van der Waals surface area contributed by atoms with Crippen molar-refractivity contribution in [2.24, 2.45) is 0 Å². The van der Waals surface area contributed by atoms with E-state index in [0.717, 1.165) is 11.3 Å². The van der Waals surface area contributed by atoms with Crippen molar-refractivity contribution >= 4 is 5.69 Å². The number of H-pyrrole nitrogens is 1. The molecule has 6 heteroatoms. The van der Waals surface area contributed by atoms with Gasteiger partial charge in [0.05, 0.1) is 11.4 Å². The van der Waals surface area contributed by atoms with Crippen LogP contribution in [0.3, 0.4) is 0 Å². The fraction of sp³-hybridized carbons (Fsp3) is 0.250. The van der Waals surface area contributed by atoms with Crippen molar-refractivity contribution in [3.05, 3.63) is 107 Å². The molecule has 34 heavy (non-hydrogen) atoms. The summed E-state index contributed by atoms with van der Waals surface area (Å²) in [5, 5.41) is 30.5. The van der Waals surface area contributed by atoms with Crippen LogP contribution in [0, 0.1) is 0 Å². The van der Waals surface area contributed by atoms with Gasteiger partial charge < -0.3 is 15.1 Å². The van der Waals surface area contributed by atoms with Gasteiger partial charge in [-0.05, 0) is 49.6 Å². The SMILES string of the molecule is CC(C)N(c1ccccc1)C1C([O-])C(c2c(-c3ccccc3)[nH]n(-c3ccccc3)c2=O)C1[O-]. The number of rotatable bonds is 6. The maximum Gasteiger partial charge on any atom is 0.275 e. The Balaban J connectivity index is 1.59. The molecule has 1 aliphatic carbocycles. The van der Waals surface area contributed by atoms with Gasteiger partial charge in [0.15, 0.2) is 0 Å². The predicted octanol–water partition coefficient (Wildman–Crippen LogP) is 2.67. The highest BCUT2D eigenvalue weighted by Gasteiger charge is 2.44. The van der Waals surface area contributed by atoms with Crippen LogP contribution in [0.1, 0.15) is 25.3 Å². The van der Waals surface area contributed by atoms with Crippen molar-refractivity contribution in [2.45, 2.75) is 44.1 Å². The van der Waals surface area contributed by atoms with Gasteiger partial charge in [-0.3, -0.25) is 9.89 Å². The summed E-state index contributed by atoms with van der Waals surface area (Å²) >= 11 is 0. The molecule has 174 valence electrons. The molecular formula is C28H27N3O3-2. The Morgan fingerprint density at radius 2 is 1.35 bits per heavy atom. The summed E-state index contributed by atoms with van der Waals surface area (Å²) in [6, 6.07) is 27.4. The van der Waals surface area contributed by atoms with Gasteiger partial charge in [0.25, 0.3) is 5.56 Å². The van der Waals surface area contributed by atoms with Gasteiger partial charge in [0.2, 0.25) is 0 Å². The Hall–Kier alpha value is -3.61. The second-order valence-corrected chi connectivity index (χ2v) is 9.02. The lowest BCUT2D eigenvalue weighted by Gasteiger charge is -2.65. The van der Waals surface area contributed by atoms with Gasteiger partial charge in [0, 0.05) is 23.3 Å². The Morgan fingerprint density at radius 1 is 0.824 bits per heavy atom. The van der Waals surface area contributed by atoms with Gasteiger partial charge >= 0.3 is 0 Å². The molecule has 3 aromatic carbocycles. The standard InChI is InChI=1S/C28H27N3O3/c1-18(2)30(20-14-8-4-9-15-20)25-26(32)23(27(25)33)22-24(19-12-6-3-7-13-19)29-31(28(22)34)21-16-10-5-11-17-21/h3-18,23,25-27,29H,1-2H3/q-2. The minimum Gasteiger partial charge on any atom is -0.850 e. The third-order valence-electron chi connectivity index (χ3n) is 6.65. The number of nitrogens with zero attached hydrogens (tertiary/aromatic N) is 2. The van der Waals surface area contributed by atoms with Crippen molar-refractivity contribution < 1.29 is 10.2 Å². The van der Waals surface area contributed by atoms with E-state index in [1.165, 1.54) is 4.68 Å². The molecule has 2 unspecified atom stereocenters. The smallest absolute Gasteiger partial charge is 0.275 e. The maximum atomic E-state index is 13.7. The first-order valence-electron chi connectivity index (χ1n) is 11.6. The quantitative estimate of drug-likeness (QED) is 0.486. The molecule has 0 saturated heterocycles. The monoisotopic (exact) mass is 453 g/mol. The Bertz CT molecular complexity index is 1290. The molecule has 1 heterocycles. The number of hydrogen-bond acceptors (Lipinski definition) is 4. The number of aromatic amines is 1. The van der Waals surface area contributed by atoms with E-state index in [0.29, 0.717) is 11.4 Å². The van der Waals surface area contributed by atoms with Crippen molar-refractivity contribution in [2.75, 3.05) is 4.90 Å². The fourth-order valence-electron chi connectivity index (χ4n) is 5.06. The predicted molar refractivity (Wildman–Crippen MR) is 130 cm³/mol. The molecule has 0 aliphatic heterocycles. The highest BCUT2D eigenvalue weighted by atomic mass is 16.3. The lowest BCUT2D eigenvalue weighted by atomic mass is 9.68. The Morgan fingerprint density at radius 3 is 1.91 bits per heavy atom. The molecule has 0 bridgehead atoms. The minimum atomic E-state index is -1.22. The molecule has 0 spiro atoms. The summed E-state index contributed by atoms with van der Waals surface area (Å²) in [4.78, 5) is 15.5. The van der Waals surface area contributed by atoms with E-state index < -0.39 is 24.2 Å². The molecule has 1 N–H and O–H groups in total. The second kappa shape index (κ2) is 8.97. The van der Waals surface area contributed by atoms with Crippen LogP contribution in [0.5, 0.6) is 0 Å². The van der Waals surface area contributed by atoms with E-state index >= 15 is 0 Å². The lowest BCUT2D eigenvalue weighted by molar-refractivity contribution is -0.533. The van der Waals surface area contributed by atoms with Crippen LogP contribution in [0.25, 0.3) is 16.9 Å². The third kappa shape index (κ3) is 3.65. The molecular weight excluding hydrogens is 426 g/mol. The fourth-order valence-corrected chi connectivity index (χ4v) is 5.06. The normalized spacial score (nSPS) is 21.9. The molecule has 6 nitrogen and oxygen atoms in total. The van der Waals surface area contributed by atoms with Gasteiger partial charge in [0.1, 0.15) is 0 Å². The molecule has 5 rings (SSSR count). The number of benzene rings is 3. The summed E-state index contributed by atoms with van der Waals surface area (Å²) in [6.07, 6.45) is -2.44.